The Morgan fingerprint density at radius 3 is 2.57 bits per heavy atom. The lowest BCUT2D eigenvalue weighted by Crippen LogP contribution is -2.38. The van der Waals surface area contributed by atoms with Crippen LogP contribution in [0, 0.1) is 5.41 Å². The number of hydrogen-bond donors (Lipinski definition) is 1. The van der Waals surface area contributed by atoms with Gasteiger partial charge in [-0.3, -0.25) is 4.79 Å². The Hall–Kier alpha value is -1.50. The molecule has 1 fully saturated rings. The van der Waals surface area contributed by atoms with Gasteiger partial charge in [-0.05, 0) is 44.0 Å². The van der Waals surface area contributed by atoms with Gasteiger partial charge in [0.25, 0.3) is 0 Å². The van der Waals surface area contributed by atoms with Crippen molar-refractivity contribution in [2.24, 2.45) is 5.41 Å². The molecule has 21 heavy (non-hydrogen) atoms. The molecule has 1 saturated carbocycles. The van der Waals surface area contributed by atoms with Crippen LogP contribution in [0.25, 0.3) is 0 Å². The number of aliphatic carboxylic acids is 1. The summed E-state index contributed by atoms with van der Waals surface area (Å²) >= 11 is 0. The molecule has 0 radical (unpaired) electrons. The van der Waals surface area contributed by atoms with Crippen molar-refractivity contribution in [1.82, 2.24) is 20.2 Å². The summed E-state index contributed by atoms with van der Waals surface area (Å²) in [4.78, 5) is 11.7. The van der Waals surface area contributed by atoms with Gasteiger partial charge in [-0.2, -0.15) is 0 Å². The number of carbonyl (C=O) groups is 1. The number of tetrazole rings is 1. The van der Waals surface area contributed by atoms with Gasteiger partial charge < -0.3 is 9.84 Å². The first kappa shape index (κ1) is 15.9. The van der Waals surface area contributed by atoms with Crippen LogP contribution < -0.4 is 0 Å². The van der Waals surface area contributed by atoms with E-state index in [1.807, 2.05) is 20.8 Å². The highest BCUT2D eigenvalue weighted by molar-refractivity contribution is 5.74. The molecule has 0 saturated heterocycles. The minimum atomic E-state index is -0.750. The fraction of sp³-hybridized carbons (Fsp3) is 0.857. The Labute approximate surface area is 124 Å². The average molecular weight is 296 g/mol. The Morgan fingerprint density at radius 1 is 1.33 bits per heavy atom. The van der Waals surface area contributed by atoms with Crippen molar-refractivity contribution in [1.29, 1.82) is 0 Å². The van der Waals surface area contributed by atoms with Crippen molar-refractivity contribution in [3.05, 3.63) is 5.82 Å². The van der Waals surface area contributed by atoms with Crippen LogP contribution in [0.4, 0.5) is 0 Å². The summed E-state index contributed by atoms with van der Waals surface area (Å²) in [5.41, 5.74) is -1.03. The van der Waals surface area contributed by atoms with E-state index in [2.05, 4.69) is 15.5 Å². The number of rotatable bonds is 5. The zero-order valence-corrected chi connectivity index (χ0v) is 13.0. The number of nitrogens with zero attached hydrogens (tertiary/aromatic N) is 4. The standard InChI is InChI=1S/C14H24N4O3/c1-13(2,3)21-9-11-15-16-17-18(11)10-14(12(19)20)7-5-4-6-8-14/h4-10H2,1-3H3,(H,19,20). The highest BCUT2D eigenvalue weighted by Gasteiger charge is 2.41. The SMILES string of the molecule is CC(C)(C)OCc1nnnn1CC1(C(=O)O)CCCCC1. The van der Waals surface area contributed by atoms with Crippen molar-refractivity contribution < 1.29 is 14.6 Å². The summed E-state index contributed by atoms with van der Waals surface area (Å²) in [6, 6.07) is 0. The third-order valence-corrected chi connectivity index (χ3v) is 3.96. The van der Waals surface area contributed by atoms with Crippen molar-refractivity contribution in [3.63, 3.8) is 0 Å². The van der Waals surface area contributed by atoms with Gasteiger partial charge in [-0.1, -0.05) is 19.3 Å². The second kappa shape index (κ2) is 6.09. The number of hydrogen-bond acceptors (Lipinski definition) is 5. The van der Waals surface area contributed by atoms with Crippen molar-refractivity contribution in [3.8, 4) is 0 Å². The van der Waals surface area contributed by atoms with Crippen LogP contribution in [0.3, 0.4) is 0 Å². The van der Waals surface area contributed by atoms with Crippen molar-refractivity contribution >= 4 is 5.97 Å². The highest BCUT2D eigenvalue weighted by Crippen LogP contribution is 2.38. The molecule has 0 unspecified atom stereocenters. The first-order valence-corrected chi connectivity index (χ1v) is 7.45. The number of aromatic nitrogens is 4. The molecule has 0 atom stereocenters. The maximum atomic E-state index is 11.7. The molecule has 0 aromatic carbocycles. The third-order valence-electron chi connectivity index (χ3n) is 3.96. The molecule has 1 aromatic heterocycles. The van der Waals surface area contributed by atoms with Crippen molar-refractivity contribution in [2.45, 2.75) is 71.6 Å². The van der Waals surface area contributed by atoms with E-state index in [9.17, 15) is 9.90 Å². The summed E-state index contributed by atoms with van der Waals surface area (Å²) in [6.45, 7) is 6.48. The zero-order valence-electron chi connectivity index (χ0n) is 13.0. The fourth-order valence-electron chi connectivity index (χ4n) is 2.69. The van der Waals surface area contributed by atoms with Gasteiger partial charge in [-0.15, -0.1) is 5.10 Å². The number of ether oxygens (including phenoxy) is 1. The number of carboxylic acid groups (broad SMARTS) is 1. The van der Waals surface area contributed by atoms with E-state index >= 15 is 0 Å². The first-order chi connectivity index (χ1) is 9.82. The van der Waals surface area contributed by atoms with Gasteiger partial charge in [0.05, 0.1) is 17.6 Å². The lowest BCUT2D eigenvalue weighted by molar-refractivity contribution is -0.152. The van der Waals surface area contributed by atoms with E-state index in [0.29, 0.717) is 25.2 Å². The minimum Gasteiger partial charge on any atom is -0.481 e. The Bertz CT molecular complexity index is 487. The second-order valence-corrected chi connectivity index (χ2v) is 6.80. The van der Waals surface area contributed by atoms with Gasteiger partial charge >= 0.3 is 5.97 Å². The zero-order chi connectivity index (χ0) is 15.5. The third kappa shape index (κ3) is 4.00. The average Bonchev–Trinajstić information content (AvgIpc) is 2.83. The molecule has 0 spiro atoms. The van der Waals surface area contributed by atoms with Gasteiger partial charge in [-0.25, -0.2) is 4.68 Å². The van der Waals surface area contributed by atoms with E-state index in [-0.39, 0.29) is 12.2 Å². The Balaban J connectivity index is 2.11. The quantitative estimate of drug-likeness (QED) is 0.894. The van der Waals surface area contributed by atoms with Crippen LogP contribution in [-0.2, 0) is 22.7 Å². The Morgan fingerprint density at radius 2 is 2.00 bits per heavy atom. The molecule has 0 aliphatic heterocycles. The van der Waals surface area contributed by atoms with Crippen molar-refractivity contribution in [2.75, 3.05) is 0 Å². The molecule has 1 heterocycles. The van der Waals surface area contributed by atoms with Crippen LogP contribution in [0.2, 0.25) is 0 Å². The molecule has 1 aliphatic rings. The summed E-state index contributed by atoms with van der Waals surface area (Å²) in [6.07, 6.45) is 4.36. The van der Waals surface area contributed by atoms with Crippen LogP contribution in [-0.4, -0.2) is 36.9 Å². The van der Waals surface area contributed by atoms with Gasteiger partial charge in [0.1, 0.15) is 6.61 Å². The molecule has 0 amide bonds. The van der Waals surface area contributed by atoms with E-state index in [0.717, 1.165) is 19.3 Å². The Kier molecular flexibility index (Phi) is 4.61. The maximum Gasteiger partial charge on any atom is 0.311 e. The van der Waals surface area contributed by atoms with Crippen LogP contribution in [0.5, 0.6) is 0 Å². The molecule has 2 rings (SSSR count). The molecule has 0 bridgehead atoms. The topological polar surface area (TPSA) is 90.1 Å². The molecular weight excluding hydrogens is 272 g/mol. The van der Waals surface area contributed by atoms with E-state index in [1.165, 1.54) is 0 Å². The molecule has 118 valence electrons. The van der Waals surface area contributed by atoms with Crippen LogP contribution in [0.15, 0.2) is 0 Å². The van der Waals surface area contributed by atoms with Crippen LogP contribution >= 0.6 is 0 Å². The minimum absolute atomic E-state index is 0.284. The summed E-state index contributed by atoms with van der Waals surface area (Å²) in [5.74, 6) is -0.170. The summed E-state index contributed by atoms with van der Waals surface area (Å²) in [7, 11) is 0. The predicted octanol–water partition coefficient (Wildman–Crippen LogP) is 2.02. The van der Waals surface area contributed by atoms with Crippen LogP contribution in [0.1, 0.15) is 58.7 Å². The normalized spacial score (nSPS) is 18.6. The lowest BCUT2D eigenvalue weighted by Gasteiger charge is -2.33. The molecule has 7 nitrogen and oxygen atoms in total. The fourth-order valence-corrected chi connectivity index (χ4v) is 2.69. The van der Waals surface area contributed by atoms with E-state index < -0.39 is 11.4 Å². The molecule has 1 aromatic rings. The second-order valence-electron chi connectivity index (χ2n) is 6.80. The van der Waals surface area contributed by atoms with E-state index in [4.69, 9.17) is 4.74 Å². The monoisotopic (exact) mass is 296 g/mol. The van der Waals surface area contributed by atoms with Gasteiger partial charge in [0.2, 0.25) is 0 Å². The highest BCUT2D eigenvalue weighted by atomic mass is 16.5. The summed E-state index contributed by atoms with van der Waals surface area (Å²) in [5, 5.41) is 21.2. The predicted molar refractivity (Wildman–Crippen MR) is 75.5 cm³/mol. The van der Waals surface area contributed by atoms with E-state index in [1.54, 1.807) is 4.68 Å². The lowest BCUT2D eigenvalue weighted by atomic mass is 9.74. The molecular formula is C14H24N4O3. The van der Waals surface area contributed by atoms with Gasteiger partial charge in [0.15, 0.2) is 5.82 Å². The smallest absolute Gasteiger partial charge is 0.311 e. The molecule has 7 heteroatoms. The summed E-state index contributed by atoms with van der Waals surface area (Å²) < 4.78 is 7.27. The maximum absolute atomic E-state index is 11.7. The first-order valence-electron chi connectivity index (χ1n) is 7.45. The molecule has 1 aliphatic carbocycles. The molecule has 1 N–H and O–H groups in total. The number of carboxylic acids is 1. The largest absolute Gasteiger partial charge is 0.481 e. The van der Waals surface area contributed by atoms with Gasteiger partial charge in [0, 0.05) is 0 Å².